The summed E-state index contributed by atoms with van der Waals surface area (Å²) in [5.74, 6) is 1.77. The van der Waals surface area contributed by atoms with Crippen molar-refractivity contribution >= 4 is 21.7 Å². The summed E-state index contributed by atoms with van der Waals surface area (Å²) in [7, 11) is 0. The molecule has 0 aliphatic rings. The Kier molecular flexibility index (Phi) is 4.60. The lowest BCUT2D eigenvalue weighted by molar-refractivity contribution is 0.467. The van der Waals surface area contributed by atoms with Crippen LogP contribution < -0.4 is 5.32 Å². The SMILES string of the molecule is CCCNc1nc(-c2cc(C)c(O)c(C)c2)ncc1Br. The molecule has 0 aliphatic heterocycles. The predicted molar refractivity (Wildman–Crippen MR) is 85.1 cm³/mol. The van der Waals surface area contributed by atoms with E-state index in [1.54, 1.807) is 6.20 Å². The van der Waals surface area contributed by atoms with E-state index in [-0.39, 0.29) is 0 Å². The van der Waals surface area contributed by atoms with Crippen molar-refractivity contribution in [2.75, 3.05) is 11.9 Å². The van der Waals surface area contributed by atoms with Gasteiger partial charge in [-0.05, 0) is 59.5 Å². The Morgan fingerprint density at radius 3 is 2.50 bits per heavy atom. The number of hydrogen-bond donors (Lipinski definition) is 2. The van der Waals surface area contributed by atoms with Crippen molar-refractivity contribution in [2.45, 2.75) is 27.2 Å². The number of hydrogen-bond acceptors (Lipinski definition) is 4. The molecule has 2 N–H and O–H groups in total. The van der Waals surface area contributed by atoms with Crippen molar-refractivity contribution in [3.8, 4) is 17.1 Å². The number of nitrogens with zero attached hydrogens (tertiary/aromatic N) is 2. The molecule has 0 radical (unpaired) electrons. The topological polar surface area (TPSA) is 58.0 Å². The van der Waals surface area contributed by atoms with Gasteiger partial charge in [0.2, 0.25) is 0 Å². The Labute approximate surface area is 127 Å². The standard InChI is InChI=1S/C15H18BrN3O/c1-4-5-17-15-12(16)8-18-14(19-15)11-6-9(2)13(20)10(3)7-11/h6-8,20H,4-5H2,1-3H3,(H,17,18,19). The van der Waals surface area contributed by atoms with Gasteiger partial charge in [-0.15, -0.1) is 0 Å². The third kappa shape index (κ3) is 3.10. The minimum atomic E-state index is 0.329. The van der Waals surface area contributed by atoms with E-state index in [0.717, 1.165) is 39.9 Å². The second-order valence-corrected chi connectivity index (χ2v) is 5.63. The van der Waals surface area contributed by atoms with Gasteiger partial charge in [0.25, 0.3) is 0 Å². The fourth-order valence-corrected chi connectivity index (χ4v) is 2.29. The molecule has 20 heavy (non-hydrogen) atoms. The van der Waals surface area contributed by atoms with Gasteiger partial charge in [0, 0.05) is 18.3 Å². The van der Waals surface area contributed by atoms with Gasteiger partial charge in [-0.1, -0.05) is 6.92 Å². The van der Waals surface area contributed by atoms with Crippen LogP contribution in [0.5, 0.6) is 5.75 Å². The molecule has 0 saturated carbocycles. The Morgan fingerprint density at radius 2 is 1.90 bits per heavy atom. The van der Waals surface area contributed by atoms with Crippen molar-refractivity contribution in [1.29, 1.82) is 0 Å². The van der Waals surface area contributed by atoms with Gasteiger partial charge in [-0.2, -0.15) is 0 Å². The van der Waals surface area contributed by atoms with E-state index in [1.807, 2.05) is 26.0 Å². The Morgan fingerprint density at radius 1 is 1.25 bits per heavy atom. The molecule has 106 valence electrons. The first-order chi connectivity index (χ1) is 9.52. The van der Waals surface area contributed by atoms with E-state index in [0.29, 0.717) is 11.6 Å². The van der Waals surface area contributed by atoms with Crippen LogP contribution in [0.15, 0.2) is 22.8 Å². The van der Waals surface area contributed by atoms with Gasteiger partial charge in [0.15, 0.2) is 5.82 Å². The third-order valence-corrected chi connectivity index (χ3v) is 3.62. The van der Waals surface area contributed by atoms with E-state index in [1.165, 1.54) is 0 Å². The minimum Gasteiger partial charge on any atom is -0.507 e. The zero-order valence-electron chi connectivity index (χ0n) is 11.9. The highest BCUT2D eigenvalue weighted by molar-refractivity contribution is 9.10. The molecular formula is C15H18BrN3O. The molecule has 0 fully saturated rings. The number of aromatic hydroxyl groups is 1. The van der Waals surface area contributed by atoms with E-state index in [4.69, 9.17) is 0 Å². The van der Waals surface area contributed by atoms with Crippen LogP contribution in [0.1, 0.15) is 24.5 Å². The number of phenolic OH excluding ortho intramolecular Hbond substituents is 1. The lowest BCUT2D eigenvalue weighted by Crippen LogP contribution is -2.04. The summed E-state index contributed by atoms with van der Waals surface area (Å²) in [5.41, 5.74) is 2.56. The van der Waals surface area contributed by atoms with E-state index < -0.39 is 0 Å². The lowest BCUT2D eigenvalue weighted by Gasteiger charge is -2.10. The van der Waals surface area contributed by atoms with E-state index in [9.17, 15) is 5.11 Å². The Hall–Kier alpha value is -1.62. The number of nitrogens with one attached hydrogen (secondary N) is 1. The molecule has 2 aromatic rings. The van der Waals surface area contributed by atoms with Gasteiger partial charge in [-0.25, -0.2) is 9.97 Å². The fourth-order valence-electron chi connectivity index (χ4n) is 1.96. The van der Waals surface area contributed by atoms with Crippen molar-refractivity contribution in [1.82, 2.24) is 9.97 Å². The number of phenols is 1. The van der Waals surface area contributed by atoms with Crippen molar-refractivity contribution in [3.05, 3.63) is 33.9 Å². The largest absolute Gasteiger partial charge is 0.507 e. The summed E-state index contributed by atoms with van der Waals surface area (Å²) in [4.78, 5) is 8.89. The first-order valence-electron chi connectivity index (χ1n) is 6.60. The van der Waals surface area contributed by atoms with Crippen LogP contribution in [0, 0.1) is 13.8 Å². The van der Waals surface area contributed by atoms with Crippen molar-refractivity contribution in [3.63, 3.8) is 0 Å². The summed E-state index contributed by atoms with van der Waals surface area (Å²) in [6.07, 6.45) is 2.78. The predicted octanol–water partition coefficient (Wildman–Crippen LogP) is 4.05. The van der Waals surface area contributed by atoms with Gasteiger partial charge >= 0.3 is 0 Å². The van der Waals surface area contributed by atoms with Crippen molar-refractivity contribution < 1.29 is 5.11 Å². The second kappa shape index (κ2) is 6.22. The normalized spacial score (nSPS) is 10.6. The number of benzene rings is 1. The minimum absolute atomic E-state index is 0.329. The smallest absolute Gasteiger partial charge is 0.161 e. The summed E-state index contributed by atoms with van der Waals surface area (Å²) in [5, 5.41) is 13.1. The number of aromatic nitrogens is 2. The molecular weight excluding hydrogens is 318 g/mol. The fraction of sp³-hybridized carbons (Fsp3) is 0.333. The van der Waals surface area contributed by atoms with Crippen LogP contribution >= 0.6 is 15.9 Å². The van der Waals surface area contributed by atoms with Crippen LogP contribution in [-0.2, 0) is 0 Å². The van der Waals surface area contributed by atoms with Crippen LogP contribution in [0.25, 0.3) is 11.4 Å². The summed E-state index contributed by atoms with van der Waals surface area (Å²) < 4.78 is 0.849. The Bertz CT molecular complexity index is 606. The molecule has 2 rings (SSSR count). The maximum absolute atomic E-state index is 9.83. The molecule has 0 unspecified atom stereocenters. The summed E-state index contributed by atoms with van der Waals surface area (Å²) >= 11 is 3.45. The van der Waals surface area contributed by atoms with E-state index >= 15 is 0 Å². The number of rotatable bonds is 4. The number of halogens is 1. The van der Waals surface area contributed by atoms with Gasteiger partial charge in [-0.3, -0.25) is 0 Å². The highest BCUT2D eigenvalue weighted by atomic mass is 79.9. The third-order valence-electron chi connectivity index (χ3n) is 3.04. The van der Waals surface area contributed by atoms with E-state index in [2.05, 4.69) is 38.1 Å². The van der Waals surface area contributed by atoms with Crippen molar-refractivity contribution in [2.24, 2.45) is 0 Å². The van der Waals surface area contributed by atoms with Crippen LogP contribution in [0.2, 0.25) is 0 Å². The van der Waals surface area contributed by atoms with Gasteiger partial charge < -0.3 is 10.4 Å². The first-order valence-corrected chi connectivity index (χ1v) is 7.39. The summed E-state index contributed by atoms with van der Waals surface area (Å²) in [6.45, 7) is 6.72. The van der Waals surface area contributed by atoms with Crippen LogP contribution in [-0.4, -0.2) is 21.6 Å². The molecule has 0 spiro atoms. The molecule has 0 bridgehead atoms. The number of anilines is 1. The second-order valence-electron chi connectivity index (χ2n) is 4.78. The van der Waals surface area contributed by atoms with Crippen LogP contribution in [0.3, 0.4) is 0 Å². The molecule has 5 heteroatoms. The number of aryl methyl sites for hydroxylation is 2. The lowest BCUT2D eigenvalue weighted by atomic mass is 10.1. The molecule has 0 aliphatic carbocycles. The zero-order valence-corrected chi connectivity index (χ0v) is 13.5. The average Bonchev–Trinajstić information content (AvgIpc) is 2.43. The molecule has 1 aromatic heterocycles. The maximum atomic E-state index is 9.83. The molecule has 0 atom stereocenters. The zero-order chi connectivity index (χ0) is 14.7. The summed E-state index contributed by atoms with van der Waals surface area (Å²) in [6, 6.07) is 3.80. The van der Waals surface area contributed by atoms with Gasteiger partial charge in [0.05, 0.1) is 4.47 Å². The molecule has 0 saturated heterocycles. The molecule has 0 amide bonds. The Balaban J connectivity index is 2.42. The molecule has 1 heterocycles. The monoisotopic (exact) mass is 335 g/mol. The quantitative estimate of drug-likeness (QED) is 0.884. The highest BCUT2D eigenvalue weighted by Gasteiger charge is 2.10. The average molecular weight is 336 g/mol. The first kappa shape index (κ1) is 14.8. The molecule has 1 aromatic carbocycles. The van der Waals surface area contributed by atoms with Crippen LogP contribution in [0.4, 0.5) is 5.82 Å². The maximum Gasteiger partial charge on any atom is 0.161 e. The molecule has 4 nitrogen and oxygen atoms in total. The van der Waals surface area contributed by atoms with Gasteiger partial charge in [0.1, 0.15) is 11.6 Å². The highest BCUT2D eigenvalue weighted by Crippen LogP contribution is 2.29.